The first-order valence-corrected chi connectivity index (χ1v) is 7.89. The molecule has 0 saturated carbocycles. The van der Waals surface area contributed by atoms with E-state index in [2.05, 4.69) is 9.62 Å². The Morgan fingerprint density at radius 3 is 2.16 bits per heavy atom. The van der Waals surface area contributed by atoms with E-state index in [1.165, 1.54) is 0 Å². The Morgan fingerprint density at radius 1 is 1.11 bits per heavy atom. The zero-order chi connectivity index (χ0) is 13.9. The maximum Gasteiger partial charge on any atom is 0.229 e. The Morgan fingerprint density at radius 2 is 1.68 bits per heavy atom. The highest BCUT2D eigenvalue weighted by Gasteiger charge is 2.15. The molecule has 7 heteroatoms. The van der Waals surface area contributed by atoms with Crippen LogP contribution in [0.25, 0.3) is 0 Å². The van der Waals surface area contributed by atoms with Crippen LogP contribution in [-0.2, 0) is 14.8 Å². The topological polar surface area (TPSA) is 69.7 Å². The van der Waals surface area contributed by atoms with E-state index in [4.69, 9.17) is 0 Å². The molecule has 1 aromatic carbocycles. The van der Waals surface area contributed by atoms with Crippen LogP contribution in [0.5, 0.6) is 0 Å². The second-order valence-corrected chi connectivity index (χ2v) is 6.30. The highest BCUT2D eigenvalue weighted by atomic mass is 32.2. The van der Waals surface area contributed by atoms with Gasteiger partial charge in [0.05, 0.1) is 6.26 Å². The van der Waals surface area contributed by atoms with E-state index in [1.54, 1.807) is 17.0 Å². The first-order chi connectivity index (χ1) is 8.98. The summed E-state index contributed by atoms with van der Waals surface area (Å²) in [6.45, 7) is 3.01. The van der Waals surface area contributed by atoms with Crippen LogP contribution in [0.4, 0.5) is 11.4 Å². The van der Waals surface area contributed by atoms with Crippen molar-refractivity contribution < 1.29 is 13.2 Å². The first kappa shape index (κ1) is 13.7. The predicted molar refractivity (Wildman–Crippen MR) is 74.8 cm³/mol. The Labute approximate surface area is 113 Å². The molecule has 0 radical (unpaired) electrons. The van der Waals surface area contributed by atoms with Gasteiger partial charge in [0.2, 0.25) is 16.4 Å². The Balaban J connectivity index is 2.01. The van der Waals surface area contributed by atoms with Crippen molar-refractivity contribution in [3.63, 3.8) is 0 Å². The summed E-state index contributed by atoms with van der Waals surface area (Å²) in [6, 6.07) is 7.24. The molecule has 1 amide bonds. The SMILES string of the molecule is CS(=O)(=O)Nc1ccc(N2CCN(C=O)CC2)cc1. The van der Waals surface area contributed by atoms with E-state index in [1.807, 2.05) is 12.1 Å². The third-order valence-electron chi connectivity index (χ3n) is 3.00. The number of amides is 1. The molecule has 0 aliphatic carbocycles. The molecule has 1 fully saturated rings. The number of hydrogen-bond donors (Lipinski definition) is 1. The zero-order valence-electron chi connectivity index (χ0n) is 10.7. The number of rotatable bonds is 4. The average Bonchev–Trinajstić information content (AvgIpc) is 2.38. The summed E-state index contributed by atoms with van der Waals surface area (Å²) in [5, 5.41) is 0. The lowest BCUT2D eigenvalue weighted by molar-refractivity contribution is -0.118. The van der Waals surface area contributed by atoms with Crippen LogP contribution in [0, 0.1) is 0 Å². The van der Waals surface area contributed by atoms with E-state index in [9.17, 15) is 13.2 Å². The van der Waals surface area contributed by atoms with Crippen LogP contribution in [-0.4, -0.2) is 52.2 Å². The molecule has 104 valence electrons. The molecule has 19 heavy (non-hydrogen) atoms. The molecule has 0 bridgehead atoms. The summed E-state index contributed by atoms with van der Waals surface area (Å²) in [6.07, 6.45) is 2.00. The first-order valence-electron chi connectivity index (χ1n) is 6.00. The molecule has 1 N–H and O–H groups in total. The molecule has 1 heterocycles. The molecule has 2 rings (SSSR count). The van der Waals surface area contributed by atoms with Gasteiger partial charge < -0.3 is 9.80 Å². The molecule has 1 aliphatic rings. The Hall–Kier alpha value is -1.76. The summed E-state index contributed by atoms with van der Waals surface area (Å²) in [5.74, 6) is 0. The summed E-state index contributed by atoms with van der Waals surface area (Å²) >= 11 is 0. The van der Waals surface area contributed by atoms with E-state index in [-0.39, 0.29) is 0 Å². The predicted octanol–water partition coefficient (Wildman–Crippen LogP) is 0.336. The van der Waals surface area contributed by atoms with Crippen molar-refractivity contribution in [1.29, 1.82) is 0 Å². The number of carbonyl (C=O) groups excluding carboxylic acids is 1. The number of carbonyl (C=O) groups is 1. The van der Waals surface area contributed by atoms with Crippen molar-refractivity contribution in [2.24, 2.45) is 0 Å². The highest BCUT2D eigenvalue weighted by molar-refractivity contribution is 7.92. The number of benzene rings is 1. The van der Waals surface area contributed by atoms with Gasteiger partial charge in [-0.25, -0.2) is 8.42 Å². The number of nitrogens with one attached hydrogen (secondary N) is 1. The number of nitrogens with zero attached hydrogens (tertiary/aromatic N) is 2. The van der Waals surface area contributed by atoms with Crippen LogP contribution < -0.4 is 9.62 Å². The van der Waals surface area contributed by atoms with Crippen LogP contribution in [0.2, 0.25) is 0 Å². The standard InChI is InChI=1S/C12H17N3O3S/c1-19(17,18)13-11-2-4-12(5-3-11)15-8-6-14(10-16)7-9-15/h2-5,10,13H,6-9H2,1H3. The van der Waals surface area contributed by atoms with Crippen LogP contribution in [0.3, 0.4) is 0 Å². The minimum atomic E-state index is -3.23. The van der Waals surface area contributed by atoms with Gasteiger partial charge in [0, 0.05) is 37.6 Å². The third-order valence-corrected chi connectivity index (χ3v) is 3.61. The van der Waals surface area contributed by atoms with Crippen molar-refractivity contribution in [2.75, 3.05) is 42.1 Å². The molecule has 0 unspecified atom stereocenters. The maximum atomic E-state index is 11.1. The largest absolute Gasteiger partial charge is 0.368 e. The monoisotopic (exact) mass is 283 g/mol. The molecule has 1 aliphatic heterocycles. The smallest absolute Gasteiger partial charge is 0.229 e. The molecule has 0 atom stereocenters. The Kier molecular flexibility index (Phi) is 3.94. The molecular weight excluding hydrogens is 266 g/mol. The van der Waals surface area contributed by atoms with Gasteiger partial charge in [-0.2, -0.15) is 0 Å². The molecular formula is C12H17N3O3S. The highest BCUT2D eigenvalue weighted by Crippen LogP contribution is 2.19. The minimum Gasteiger partial charge on any atom is -0.368 e. The van der Waals surface area contributed by atoms with E-state index in [0.717, 1.165) is 31.4 Å². The lowest BCUT2D eigenvalue weighted by Crippen LogP contribution is -2.45. The van der Waals surface area contributed by atoms with Crippen LogP contribution in [0.15, 0.2) is 24.3 Å². The molecule has 1 saturated heterocycles. The minimum absolute atomic E-state index is 0.553. The van der Waals surface area contributed by atoms with Gasteiger partial charge in [-0.05, 0) is 24.3 Å². The van der Waals surface area contributed by atoms with E-state index >= 15 is 0 Å². The summed E-state index contributed by atoms with van der Waals surface area (Å²) in [7, 11) is -3.23. The number of anilines is 2. The van der Waals surface area contributed by atoms with Crippen LogP contribution >= 0.6 is 0 Å². The van der Waals surface area contributed by atoms with E-state index in [0.29, 0.717) is 18.8 Å². The van der Waals surface area contributed by atoms with Crippen molar-refractivity contribution in [3.8, 4) is 0 Å². The van der Waals surface area contributed by atoms with Gasteiger partial charge in [-0.3, -0.25) is 9.52 Å². The van der Waals surface area contributed by atoms with Gasteiger partial charge in [0.25, 0.3) is 0 Å². The maximum absolute atomic E-state index is 11.1. The van der Waals surface area contributed by atoms with Crippen molar-refractivity contribution in [1.82, 2.24) is 4.90 Å². The number of sulfonamides is 1. The van der Waals surface area contributed by atoms with Gasteiger partial charge >= 0.3 is 0 Å². The number of piperazine rings is 1. The van der Waals surface area contributed by atoms with Gasteiger partial charge in [-0.1, -0.05) is 0 Å². The number of hydrogen-bond acceptors (Lipinski definition) is 4. The lowest BCUT2D eigenvalue weighted by atomic mass is 10.2. The lowest BCUT2D eigenvalue weighted by Gasteiger charge is -2.34. The van der Waals surface area contributed by atoms with Gasteiger partial charge in [0.1, 0.15) is 0 Å². The third kappa shape index (κ3) is 3.85. The molecule has 0 aromatic heterocycles. The Bertz CT molecular complexity index is 534. The molecule has 1 aromatic rings. The summed E-state index contributed by atoms with van der Waals surface area (Å²) in [4.78, 5) is 14.5. The van der Waals surface area contributed by atoms with Crippen molar-refractivity contribution >= 4 is 27.8 Å². The summed E-state index contributed by atoms with van der Waals surface area (Å²) in [5.41, 5.74) is 1.59. The molecule has 6 nitrogen and oxygen atoms in total. The van der Waals surface area contributed by atoms with Gasteiger partial charge in [0.15, 0.2) is 0 Å². The van der Waals surface area contributed by atoms with Crippen LogP contribution in [0.1, 0.15) is 0 Å². The zero-order valence-corrected chi connectivity index (χ0v) is 11.6. The average molecular weight is 283 g/mol. The van der Waals surface area contributed by atoms with Crippen molar-refractivity contribution in [2.45, 2.75) is 0 Å². The second kappa shape index (κ2) is 5.48. The van der Waals surface area contributed by atoms with Gasteiger partial charge in [-0.15, -0.1) is 0 Å². The van der Waals surface area contributed by atoms with Crippen molar-refractivity contribution in [3.05, 3.63) is 24.3 Å². The summed E-state index contributed by atoms with van der Waals surface area (Å²) < 4.78 is 24.6. The fraction of sp³-hybridized carbons (Fsp3) is 0.417. The second-order valence-electron chi connectivity index (χ2n) is 4.55. The fourth-order valence-electron chi connectivity index (χ4n) is 2.04. The fourth-order valence-corrected chi connectivity index (χ4v) is 2.60. The molecule has 0 spiro atoms. The quantitative estimate of drug-likeness (QED) is 0.809. The normalized spacial score (nSPS) is 16.3. The van der Waals surface area contributed by atoms with E-state index < -0.39 is 10.0 Å².